The average molecular weight is 305 g/mol. The van der Waals surface area contributed by atoms with Crippen LogP contribution in [0, 0.1) is 27.4 Å². The zero-order valence-electron chi connectivity index (χ0n) is 11.6. The Labute approximate surface area is 126 Å². The van der Waals surface area contributed by atoms with Gasteiger partial charge >= 0.3 is 0 Å². The van der Waals surface area contributed by atoms with Gasteiger partial charge in [-0.25, -0.2) is 4.68 Å². The first-order valence-corrected chi connectivity index (χ1v) is 6.74. The van der Waals surface area contributed by atoms with E-state index in [1.165, 1.54) is 16.8 Å². The van der Waals surface area contributed by atoms with Gasteiger partial charge in [0.05, 0.1) is 16.3 Å². The first-order chi connectivity index (χ1) is 9.93. The van der Waals surface area contributed by atoms with E-state index in [9.17, 15) is 15.4 Å². The Morgan fingerprint density at radius 1 is 1.43 bits per heavy atom. The van der Waals surface area contributed by atoms with Crippen LogP contribution >= 0.6 is 11.6 Å². The van der Waals surface area contributed by atoms with Crippen LogP contribution in [0.3, 0.4) is 0 Å². The number of non-ortho nitro benzene ring substituents is 1. The predicted octanol–water partition coefficient (Wildman–Crippen LogP) is 3.50. The van der Waals surface area contributed by atoms with E-state index in [1.807, 2.05) is 13.8 Å². The van der Waals surface area contributed by atoms with Crippen molar-refractivity contribution in [2.75, 3.05) is 0 Å². The molecule has 0 aliphatic heterocycles. The van der Waals surface area contributed by atoms with Gasteiger partial charge in [-0.15, -0.1) is 0 Å². The molecule has 0 unspecified atom stereocenters. The first kappa shape index (κ1) is 15.0. The summed E-state index contributed by atoms with van der Waals surface area (Å²) >= 11 is 6.19. The largest absolute Gasteiger partial charge is 0.269 e. The van der Waals surface area contributed by atoms with Crippen molar-refractivity contribution >= 4 is 17.3 Å². The molecule has 0 aliphatic carbocycles. The molecule has 1 aromatic heterocycles. The van der Waals surface area contributed by atoms with Crippen molar-refractivity contribution in [3.63, 3.8) is 0 Å². The summed E-state index contributed by atoms with van der Waals surface area (Å²) in [6.45, 7) is 4.06. The van der Waals surface area contributed by atoms with Gasteiger partial charge in [0.2, 0.25) is 0 Å². The number of benzene rings is 1. The fraction of sp³-hybridized carbons (Fsp3) is 0.286. The molecule has 6 nitrogen and oxygen atoms in total. The van der Waals surface area contributed by atoms with E-state index in [4.69, 9.17) is 11.6 Å². The molecule has 0 N–H and O–H groups in total. The lowest BCUT2D eigenvalue weighted by Crippen LogP contribution is -2.00. The van der Waals surface area contributed by atoms with E-state index in [0.29, 0.717) is 29.3 Å². The molecule has 21 heavy (non-hydrogen) atoms. The SMILES string of the molecule is CC(C)Cc1nn(-c2ccc([N+](=O)[O-])cc2)c(Cl)c1C#N. The van der Waals surface area contributed by atoms with Crippen LogP contribution in [0.2, 0.25) is 5.15 Å². The zero-order chi connectivity index (χ0) is 15.6. The van der Waals surface area contributed by atoms with E-state index < -0.39 is 4.92 Å². The monoisotopic (exact) mass is 304 g/mol. The molecule has 1 heterocycles. The molecule has 2 rings (SSSR count). The van der Waals surface area contributed by atoms with Gasteiger partial charge in [0.15, 0.2) is 5.15 Å². The molecule has 0 spiro atoms. The Hall–Kier alpha value is -2.39. The van der Waals surface area contributed by atoms with Crippen LogP contribution in [-0.4, -0.2) is 14.7 Å². The molecule has 0 bridgehead atoms. The van der Waals surface area contributed by atoms with Gasteiger partial charge in [0.1, 0.15) is 11.6 Å². The molecule has 7 heteroatoms. The van der Waals surface area contributed by atoms with E-state index in [2.05, 4.69) is 11.2 Å². The Balaban J connectivity index is 2.47. The summed E-state index contributed by atoms with van der Waals surface area (Å²) in [5, 5.41) is 24.4. The van der Waals surface area contributed by atoms with Gasteiger partial charge in [-0.1, -0.05) is 25.4 Å². The normalized spacial score (nSPS) is 10.6. The highest BCUT2D eigenvalue weighted by atomic mass is 35.5. The standard InChI is InChI=1S/C14H13ClN4O2/c1-9(2)7-13-12(8-16)14(15)18(17-13)10-3-5-11(6-4-10)19(20)21/h3-6,9H,7H2,1-2H3. The van der Waals surface area contributed by atoms with Crippen LogP contribution in [0.25, 0.3) is 5.69 Å². The second-order valence-electron chi connectivity index (χ2n) is 5.01. The predicted molar refractivity (Wildman–Crippen MR) is 78.5 cm³/mol. The second kappa shape index (κ2) is 5.94. The third kappa shape index (κ3) is 3.03. The number of rotatable bonds is 4. The molecule has 0 aliphatic rings. The maximum absolute atomic E-state index is 10.7. The number of nitrogens with zero attached hydrogens (tertiary/aromatic N) is 4. The Bertz CT molecular complexity index is 714. The molecule has 0 amide bonds. The van der Waals surface area contributed by atoms with Crippen LogP contribution < -0.4 is 0 Å². The molecular formula is C14H13ClN4O2. The minimum atomic E-state index is -0.473. The molecular weight excluding hydrogens is 292 g/mol. The van der Waals surface area contributed by atoms with E-state index in [0.717, 1.165) is 0 Å². The highest BCUT2D eigenvalue weighted by molar-refractivity contribution is 6.31. The van der Waals surface area contributed by atoms with E-state index in [-0.39, 0.29) is 10.8 Å². The third-order valence-corrected chi connectivity index (χ3v) is 3.27. The summed E-state index contributed by atoms with van der Waals surface area (Å²) in [6, 6.07) is 7.92. The first-order valence-electron chi connectivity index (χ1n) is 6.36. The molecule has 1 aromatic carbocycles. The minimum absolute atomic E-state index is 0.00932. The van der Waals surface area contributed by atoms with Crippen molar-refractivity contribution in [3.05, 3.63) is 50.8 Å². The summed E-state index contributed by atoms with van der Waals surface area (Å²) in [5.41, 5.74) is 1.56. The average Bonchev–Trinajstić information content (AvgIpc) is 2.74. The van der Waals surface area contributed by atoms with Gasteiger partial charge in [0.25, 0.3) is 5.69 Å². The molecule has 0 radical (unpaired) electrons. The smallest absolute Gasteiger partial charge is 0.258 e. The minimum Gasteiger partial charge on any atom is -0.258 e. The number of hydrogen-bond acceptors (Lipinski definition) is 4. The van der Waals surface area contributed by atoms with E-state index >= 15 is 0 Å². The number of nitro groups is 1. The van der Waals surface area contributed by atoms with Gasteiger partial charge in [-0.2, -0.15) is 10.4 Å². The zero-order valence-corrected chi connectivity index (χ0v) is 12.3. The number of halogens is 1. The molecule has 0 fully saturated rings. The van der Waals surface area contributed by atoms with Gasteiger partial charge in [-0.3, -0.25) is 10.1 Å². The third-order valence-electron chi connectivity index (χ3n) is 2.92. The fourth-order valence-corrected chi connectivity index (χ4v) is 2.25. The van der Waals surface area contributed by atoms with E-state index in [1.54, 1.807) is 12.1 Å². The highest BCUT2D eigenvalue weighted by Crippen LogP contribution is 2.25. The van der Waals surface area contributed by atoms with Crippen molar-refractivity contribution in [3.8, 4) is 11.8 Å². The molecule has 108 valence electrons. The Morgan fingerprint density at radius 2 is 2.05 bits per heavy atom. The fourth-order valence-electron chi connectivity index (χ4n) is 1.97. The van der Waals surface area contributed by atoms with Crippen molar-refractivity contribution < 1.29 is 4.92 Å². The Kier molecular flexibility index (Phi) is 4.24. The van der Waals surface area contributed by atoms with Gasteiger partial charge < -0.3 is 0 Å². The maximum Gasteiger partial charge on any atom is 0.269 e. The number of nitriles is 1. The lowest BCUT2D eigenvalue weighted by Gasteiger charge is -2.02. The molecule has 0 atom stereocenters. The lowest BCUT2D eigenvalue weighted by molar-refractivity contribution is -0.384. The quantitative estimate of drug-likeness (QED) is 0.639. The van der Waals surface area contributed by atoms with Crippen molar-refractivity contribution in [1.82, 2.24) is 9.78 Å². The molecule has 0 saturated carbocycles. The lowest BCUT2D eigenvalue weighted by atomic mass is 10.1. The number of aromatic nitrogens is 2. The highest BCUT2D eigenvalue weighted by Gasteiger charge is 2.18. The van der Waals surface area contributed by atoms with Crippen molar-refractivity contribution in [1.29, 1.82) is 5.26 Å². The Morgan fingerprint density at radius 3 is 2.52 bits per heavy atom. The van der Waals surface area contributed by atoms with Crippen LogP contribution in [0.5, 0.6) is 0 Å². The van der Waals surface area contributed by atoms with Crippen LogP contribution in [0.4, 0.5) is 5.69 Å². The van der Waals surface area contributed by atoms with Crippen molar-refractivity contribution in [2.24, 2.45) is 5.92 Å². The summed E-state index contributed by atoms with van der Waals surface area (Å²) in [7, 11) is 0. The summed E-state index contributed by atoms with van der Waals surface area (Å²) in [4.78, 5) is 10.2. The second-order valence-corrected chi connectivity index (χ2v) is 5.37. The van der Waals surface area contributed by atoms with Gasteiger partial charge in [0, 0.05) is 12.1 Å². The molecule has 0 saturated heterocycles. The summed E-state index contributed by atoms with van der Waals surface area (Å²) in [6.07, 6.45) is 0.641. The number of nitro benzene ring substituents is 1. The van der Waals surface area contributed by atoms with Crippen LogP contribution in [0.15, 0.2) is 24.3 Å². The maximum atomic E-state index is 10.7. The van der Waals surface area contributed by atoms with Gasteiger partial charge in [-0.05, 0) is 24.5 Å². The summed E-state index contributed by atoms with van der Waals surface area (Å²) < 4.78 is 1.43. The topological polar surface area (TPSA) is 84.8 Å². The van der Waals surface area contributed by atoms with Crippen molar-refractivity contribution in [2.45, 2.75) is 20.3 Å². The summed E-state index contributed by atoms with van der Waals surface area (Å²) in [5.74, 6) is 0.341. The van der Waals surface area contributed by atoms with Crippen LogP contribution in [0.1, 0.15) is 25.1 Å². The van der Waals surface area contributed by atoms with Crippen LogP contribution in [-0.2, 0) is 6.42 Å². The number of hydrogen-bond donors (Lipinski definition) is 0. The molecule has 2 aromatic rings.